The molecule has 2 aliphatic carbocycles. The van der Waals surface area contributed by atoms with Crippen LogP contribution in [0.2, 0.25) is 0 Å². The van der Waals surface area contributed by atoms with Gasteiger partial charge in [-0.15, -0.1) is 0 Å². The number of guanidine groups is 1. The molecule has 5 nitrogen and oxygen atoms in total. The van der Waals surface area contributed by atoms with E-state index in [1.165, 1.54) is 37.0 Å². The van der Waals surface area contributed by atoms with Crippen molar-refractivity contribution in [3.63, 3.8) is 0 Å². The second-order valence-corrected chi connectivity index (χ2v) is 6.95. The van der Waals surface area contributed by atoms with Crippen LogP contribution in [0.4, 0.5) is 0 Å². The van der Waals surface area contributed by atoms with Gasteiger partial charge in [-0.05, 0) is 25.2 Å². The predicted octanol–water partition coefficient (Wildman–Crippen LogP) is 2.22. The van der Waals surface area contributed by atoms with Crippen LogP contribution >= 0.6 is 0 Å². The predicted molar refractivity (Wildman–Crippen MR) is 86.4 cm³/mol. The normalized spacial score (nSPS) is 30.3. The fraction of sp³-hybridized carbons (Fsp3) is 0.765. The lowest BCUT2D eigenvalue weighted by Gasteiger charge is -2.31. The SMILES string of the molecule is CN1C(=O)C(COC2CC=CC2)(CC2CCCCC2)N=C1N. The van der Waals surface area contributed by atoms with Gasteiger partial charge in [0, 0.05) is 7.05 Å². The Balaban J connectivity index is 1.71. The fourth-order valence-electron chi connectivity index (χ4n) is 3.90. The molecule has 1 unspecified atom stereocenters. The van der Waals surface area contributed by atoms with Gasteiger partial charge in [-0.3, -0.25) is 9.69 Å². The first kappa shape index (κ1) is 15.5. The molecule has 22 heavy (non-hydrogen) atoms. The summed E-state index contributed by atoms with van der Waals surface area (Å²) in [6.07, 6.45) is 13.3. The van der Waals surface area contributed by atoms with Crippen molar-refractivity contribution >= 4 is 11.9 Å². The molecule has 0 radical (unpaired) electrons. The fourth-order valence-corrected chi connectivity index (χ4v) is 3.90. The van der Waals surface area contributed by atoms with Gasteiger partial charge in [0.2, 0.25) is 0 Å². The first-order valence-corrected chi connectivity index (χ1v) is 8.51. The third kappa shape index (κ3) is 3.05. The summed E-state index contributed by atoms with van der Waals surface area (Å²) in [7, 11) is 1.71. The zero-order valence-corrected chi connectivity index (χ0v) is 13.5. The van der Waals surface area contributed by atoms with Crippen LogP contribution in [0.1, 0.15) is 51.4 Å². The Labute approximate surface area is 132 Å². The van der Waals surface area contributed by atoms with Gasteiger partial charge in [0.05, 0.1) is 12.7 Å². The first-order valence-electron chi connectivity index (χ1n) is 8.51. The smallest absolute Gasteiger partial charge is 0.259 e. The van der Waals surface area contributed by atoms with E-state index >= 15 is 0 Å². The number of nitrogens with two attached hydrogens (primary N) is 1. The van der Waals surface area contributed by atoms with Gasteiger partial charge in [0.15, 0.2) is 11.5 Å². The molecule has 122 valence electrons. The standard InChI is InChI=1S/C17H27N3O2/c1-20-15(21)17(19-16(20)18,11-13-7-3-2-4-8-13)12-22-14-9-5-6-10-14/h5-6,13-14H,2-4,7-12H2,1H3,(H2,18,19). The Hall–Kier alpha value is -1.36. The van der Waals surface area contributed by atoms with E-state index in [2.05, 4.69) is 17.1 Å². The Bertz CT molecular complexity index is 474. The summed E-state index contributed by atoms with van der Waals surface area (Å²) in [6.45, 7) is 0.361. The van der Waals surface area contributed by atoms with E-state index < -0.39 is 5.54 Å². The van der Waals surface area contributed by atoms with Crippen molar-refractivity contribution in [2.24, 2.45) is 16.6 Å². The second-order valence-electron chi connectivity index (χ2n) is 6.95. The highest BCUT2D eigenvalue weighted by Crippen LogP contribution is 2.36. The summed E-state index contributed by atoms with van der Waals surface area (Å²) in [5.41, 5.74) is 5.13. The molecule has 0 aromatic carbocycles. The average Bonchev–Trinajstić information content (AvgIpc) is 3.11. The number of carbonyl (C=O) groups excluding carboxylic acids is 1. The zero-order chi connectivity index (χ0) is 15.6. The average molecular weight is 305 g/mol. The topological polar surface area (TPSA) is 67.9 Å². The third-order valence-corrected chi connectivity index (χ3v) is 5.25. The van der Waals surface area contributed by atoms with Gasteiger partial charge in [-0.25, -0.2) is 4.99 Å². The Kier molecular flexibility index (Phi) is 4.52. The van der Waals surface area contributed by atoms with E-state index in [9.17, 15) is 4.79 Å². The van der Waals surface area contributed by atoms with E-state index in [1.807, 2.05) is 0 Å². The van der Waals surface area contributed by atoms with Crippen LogP contribution in [0.25, 0.3) is 0 Å². The third-order valence-electron chi connectivity index (χ3n) is 5.25. The van der Waals surface area contributed by atoms with Crippen molar-refractivity contribution in [1.29, 1.82) is 0 Å². The molecule has 0 aromatic heterocycles. The van der Waals surface area contributed by atoms with Crippen molar-refractivity contribution in [3.8, 4) is 0 Å². The lowest BCUT2D eigenvalue weighted by Crippen LogP contribution is -2.47. The quantitative estimate of drug-likeness (QED) is 0.792. The minimum atomic E-state index is -0.788. The molecule has 0 saturated heterocycles. The number of aliphatic imine (C=N–C) groups is 1. The monoisotopic (exact) mass is 305 g/mol. The number of likely N-dealkylation sites (N-methyl/N-ethyl adjacent to an activating group) is 1. The van der Waals surface area contributed by atoms with Crippen LogP contribution in [0.15, 0.2) is 17.1 Å². The highest BCUT2D eigenvalue weighted by atomic mass is 16.5. The Morgan fingerprint density at radius 2 is 2.00 bits per heavy atom. The summed E-state index contributed by atoms with van der Waals surface area (Å²) in [5.74, 6) is 0.890. The number of rotatable bonds is 5. The van der Waals surface area contributed by atoms with Gasteiger partial charge in [0.25, 0.3) is 5.91 Å². The number of carbonyl (C=O) groups is 1. The Morgan fingerprint density at radius 3 is 2.59 bits per heavy atom. The molecule has 5 heteroatoms. The molecular weight excluding hydrogens is 278 g/mol. The highest BCUT2D eigenvalue weighted by molar-refractivity contribution is 6.06. The molecule has 1 aliphatic heterocycles. The number of amides is 1. The summed E-state index contributed by atoms with van der Waals surface area (Å²) in [4.78, 5) is 18.8. The van der Waals surface area contributed by atoms with Crippen molar-refractivity contribution in [2.75, 3.05) is 13.7 Å². The van der Waals surface area contributed by atoms with Crippen LogP contribution in [-0.4, -0.2) is 42.1 Å². The van der Waals surface area contributed by atoms with Gasteiger partial charge in [-0.1, -0.05) is 44.3 Å². The lowest BCUT2D eigenvalue weighted by molar-refractivity contribution is -0.134. The minimum Gasteiger partial charge on any atom is -0.374 e. The number of ether oxygens (including phenoxy) is 1. The minimum absolute atomic E-state index is 0.00142. The van der Waals surface area contributed by atoms with E-state index in [0.717, 1.165) is 19.3 Å². The molecule has 2 N–H and O–H groups in total. The summed E-state index contributed by atoms with van der Waals surface area (Å²) in [5, 5.41) is 0. The van der Waals surface area contributed by atoms with Crippen LogP contribution in [-0.2, 0) is 9.53 Å². The first-order chi connectivity index (χ1) is 10.6. The molecule has 1 fully saturated rings. The molecule has 3 aliphatic rings. The second kappa shape index (κ2) is 6.41. The molecule has 0 spiro atoms. The van der Waals surface area contributed by atoms with Crippen molar-refractivity contribution in [3.05, 3.63) is 12.2 Å². The number of hydrogen-bond donors (Lipinski definition) is 1. The lowest BCUT2D eigenvalue weighted by atomic mass is 9.79. The molecule has 1 saturated carbocycles. The van der Waals surface area contributed by atoms with Crippen molar-refractivity contribution in [2.45, 2.75) is 63.0 Å². The summed E-state index contributed by atoms with van der Waals surface area (Å²) >= 11 is 0. The maximum Gasteiger partial charge on any atom is 0.259 e. The van der Waals surface area contributed by atoms with Crippen LogP contribution < -0.4 is 5.73 Å². The maximum absolute atomic E-state index is 12.8. The summed E-state index contributed by atoms with van der Waals surface area (Å²) in [6, 6.07) is 0. The molecule has 0 bridgehead atoms. The number of nitrogens with zero attached hydrogens (tertiary/aromatic N) is 2. The van der Waals surface area contributed by atoms with Gasteiger partial charge < -0.3 is 10.5 Å². The van der Waals surface area contributed by atoms with Crippen LogP contribution in [0.3, 0.4) is 0 Å². The van der Waals surface area contributed by atoms with Crippen LogP contribution in [0.5, 0.6) is 0 Å². The molecule has 1 atom stereocenters. The van der Waals surface area contributed by atoms with E-state index in [4.69, 9.17) is 10.5 Å². The zero-order valence-electron chi connectivity index (χ0n) is 13.5. The summed E-state index contributed by atoms with van der Waals surface area (Å²) < 4.78 is 6.03. The molecule has 3 rings (SSSR count). The maximum atomic E-state index is 12.8. The molecule has 1 amide bonds. The van der Waals surface area contributed by atoms with E-state index in [0.29, 0.717) is 18.5 Å². The van der Waals surface area contributed by atoms with Gasteiger partial charge in [-0.2, -0.15) is 0 Å². The van der Waals surface area contributed by atoms with E-state index in [-0.39, 0.29) is 12.0 Å². The highest BCUT2D eigenvalue weighted by Gasteiger charge is 2.48. The Morgan fingerprint density at radius 1 is 1.32 bits per heavy atom. The number of hydrogen-bond acceptors (Lipinski definition) is 4. The largest absolute Gasteiger partial charge is 0.374 e. The van der Waals surface area contributed by atoms with Crippen molar-refractivity contribution in [1.82, 2.24) is 4.90 Å². The van der Waals surface area contributed by atoms with Crippen molar-refractivity contribution < 1.29 is 9.53 Å². The molecule has 0 aromatic rings. The molecule has 1 heterocycles. The molecular formula is C17H27N3O2. The van der Waals surface area contributed by atoms with Gasteiger partial charge in [0.1, 0.15) is 0 Å². The van der Waals surface area contributed by atoms with Gasteiger partial charge >= 0.3 is 0 Å². The van der Waals surface area contributed by atoms with E-state index in [1.54, 1.807) is 7.05 Å². The van der Waals surface area contributed by atoms with Crippen LogP contribution in [0, 0.1) is 5.92 Å².